The lowest BCUT2D eigenvalue weighted by Crippen LogP contribution is -2.56. The summed E-state index contributed by atoms with van der Waals surface area (Å²) in [6, 6.07) is 12.7. The molecule has 0 N–H and O–H groups in total. The molecule has 6 nitrogen and oxygen atoms in total. The normalized spacial score (nSPS) is 21.1. The maximum atomic E-state index is 13.3. The Kier molecular flexibility index (Phi) is 5.98. The number of nitrogens with zero attached hydrogens (tertiary/aromatic N) is 5. The van der Waals surface area contributed by atoms with Crippen molar-refractivity contribution in [1.29, 1.82) is 0 Å². The second-order valence-corrected chi connectivity index (χ2v) is 9.46. The highest BCUT2D eigenvalue weighted by Gasteiger charge is 2.52. The van der Waals surface area contributed by atoms with Gasteiger partial charge in [0, 0.05) is 45.2 Å². The highest BCUT2D eigenvalue weighted by Crippen LogP contribution is 2.43. The van der Waals surface area contributed by atoms with Crippen molar-refractivity contribution in [2.45, 2.75) is 52.4 Å². The van der Waals surface area contributed by atoms with E-state index in [0.29, 0.717) is 6.54 Å². The van der Waals surface area contributed by atoms with Gasteiger partial charge in [0.15, 0.2) is 0 Å². The number of carbonyl (C=O) groups is 1. The van der Waals surface area contributed by atoms with Crippen molar-refractivity contribution in [2.24, 2.45) is 5.41 Å². The zero-order valence-electron chi connectivity index (χ0n) is 18.8. The van der Waals surface area contributed by atoms with Crippen LogP contribution in [0.2, 0.25) is 0 Å². The molecular formula is C24H35N5O. The second kappa shape index (κ2) is 8.52. The summed E-state index contributed by atoms with van der Waals surface area (Å²) in [6.07, 6.45) is 2.00. The van der Waals surface area contributed by atoms with Crippen LogP contribution >= 0.6 is 0 Å². The van der Waals surface area contributed by atoms with E-state index in [9.17, 15) is 4.79 Å². The maximum Gasteiger partial charge on any atom is 0.240 e. The number of aryl methyl sites for hydroxylation is 2. The lowest BCUT2D eigenvalue weighted by Gasteiger charge is -2.48. The van der Waals surface area contributed by atoms with Crippen LogP contribution in [0.3, 0.4) is 0 Å². The van der Waals surface area contributed by atoms with Gasteiger partial charge in [-0.1, -0.05) is 37.3 Å². The number of benzene rings is 1. The lowest BCUT2D eigenvalue weighted by molar-refractivity contribution is -0.135. The Morgan fingerprint density at radius 3 is 2.67 bits per heavy atom. The quantitative estimate of drug-likeness (QED) is 0.705. The maximum absolute atomic E-state index is 13.3. The molecule has 1 atom stereocenters. The van der Waals surface area contributed by atoms with Gasteiger partial charge in [-0.05, 0) is 38.4 Å². The van der Waals surface area contributed by atoms with Gasteiger partial charge in [-0.25, -0.2) is 0 Å². The third-order valence-electron chi connectivity index (χ3n) is 6.59. The first-order valence-electron chi connectivity index (χ1n) is 11.1. The molecular weight excluding hydrogens is 374 g/mol. The third kappa shape index (κ3) is 4.30. The Morgan fingerprint density at radius 2 is 1.97 bits per heavy atom. The fourth-order valence-electron chi connectivity index (χ4n) is 5.34. The minimum Gasteiger partial charge on any atom is -0.339 e. The lowest BCUT2D eigenvalue weighted by atomic mass is 9.77. The summed E-state index contributed by atoms with van der Waals surface area (Å²) in [5, 5.41) is 4.58. The molecule has 2 saturated heterocycles. The number of likely N-dealkylation sites (tertiary alicyclic amines) is 2. The molecule has 2 aliphatic rings. The van der Waals surface area contributed by atoms with Gasteiger partial charge in [0.1, 0.15) is 0 Å². The average Bonchev–Trinajstić information content (AvgIpc) is 3.21. The van der Waals surface area contributed by atoms with Crippen molar-refractivity contribution >= 4 is 5.91 Å². The van der Waals surface area contributed by atoms with Crippen molar-refractivity contribution in [3.05, 3.63) is 53.3 Å². The highest BCUT2D eigenvalue weighted by molar-refractivity contribution is 5.82. The van der Waals surface area contributed by atoms with Crippen LogP contribution in [0.4, 0.5) is 0 Å². The van der Waals surface area contributed by atoms with Crippen molar-refractivity contribution in [3.8, 4) is 0 Å². The minimum absolute atomic E-state index is 0.0162. The largest absolute Gasteiger partial charge is 0.339 e. The van der Waals surface area contributed by atoms with Gasteiger partial charge in [-0.3, -0.25) is 19.3 Å². The summed E-state index contributed by atoms with van der Waals surface area (Å²) in [5.41, 5.74) is 3.78. The number of hydrogen-bond donors (Lipinski definition) is 0. The molecule has 1 aromatic carbocycles. The van der Waals surface area contributed by atoms with E-state index in [0.717, 1.165) is 57.0 Å². The van der Waals surface area contributed by atoms with Crippen LogP contribution in [-0.2, 0) is 24.4 Å². The first-order valence-corrected chi connectivity index (χ1v) is 11.1. The Labute approximate surface area is 180 Å². The number of amides is 1. The fraction of sp³-hybridized carbons (Fsp3) is 0.583. The Hall–Kier alpha value is -2.18. The molecule has 1 aromatic heterocycles. The van der Waals surface area contributed by atoms with Gasteiger partial charge < -0.3 is 4.90 Å². The van der Waals surface area contributed by atoms with E-state index in [1.54, 1.807) is 0 Å². The molecule has 0 saturated carbocycles. The Balaban J connectivity index is 1.34. The van der Waals surface area contributed by atoms with Crippen LogP contribution in [0.5, 0.6) is 0 Å². The fourth-order valence-corrected chi connectivity index (χ4v) is 5.34. The van der Waals surface area contributed by atoms with Crippen LogP contribution in [0.25, 0.3) is 0 Å². The predicted octanol–water partition coefficient (Wildman–Crippen LogP) is 2.77. The van der Waals surface area contributed by atoms with E-state index in [2.05, 4.69) is 65.3 Å². The van der Waals surface area contributed by atoms with E-state index in [4.69, 9.17) is 0 Å². The molecule has 2 aromatic rings. The van der Waals surface area contributed by atoms with E-state index < -0.39 is 0 Å². The van der Waals surface area contributed by atoms with Crippen molar-refractivity contribution in [3.63, 3.8) is 0 Å². The molecule has 6 heteroatoms. The number of hydrogen-bond acceptors (Lipinski definition) is 4. The molecule has 1 amide bonds. The monoisotopic (exact) mass is 409 g/mol. The molecule has 2 aliphatic heterocycles. The molecule has 0 radical (unpaired) electrons. The van der Waals surface area contributed by atoms with Gasteiger partial charge >= 0.3 is 0 Å². The van der Waals surface area contributed by atoms with Gasteiger partial charge in [-0.15, -0.1) is 0 Å². The van der Waals surface area contributed by atoms with Crippen molar-refractivity contribution in [2.75, 3.05) is 33.7 Å². The molecule has 3 heterocycles. The summed E-state index contributed by atoms with van der Waals surface area (Å²) in [7, 11) is 4.04. The zero-order chi connectivity index (χ0) is 21.3. The molecule has 2 fully saturated rings. The first kappa shape index (κ1) is 21.1. The summed E-state index contributed by atoms with van der Waals surface area (Å²) < 4.78 is 2.05. The standard InChI is InChI=1S/C24H35N5O/c1-5-11-29-21(12-19(2)25-29)15-26(3)23(30)22-13-24(16-27(22)4)17-28(18-24)14-20-9-7-6-8-10-20/h6-10,12,22H,5,11,13-18H2,1-4H3. The van der Waals surface area contributed by atoms with Crippen LogP contribution in [0.1, 0.15) is 36.7 Å². The van der Waals surface area contributed by atoms with Crippen molar-refractivity contribution < 1.29 is 4.79 Å². The molecule has 30 heavy (non-hydrogen) atoms. The number of aromatic nitrogens is 2. The van der Waals surface area contributed by atoms with E-state index in [-0.39, 0.29) is 17.4 Å². The molecule has 4 rings (SSSR count). The topological polar surface area (TPSA) is 44.6 Å². The first-order chi connectivity index (χ1) is 14.4. The van der Waals surface area contributed by atoms with Crippen LogP contribution in [0, 0.1) is 12.3 Å². The minimum atomic E-state index is -0.0162. The van der Waals surface area contributed by atoms with Gasteiger partial charge in [0.2, 0.25) is 5.91 Å². The summed E-state index contributed by atoms with van der Waals surface area (Å²) in [4.78, 5) is 19.9. The second-order valence-electron chi connectivity index (χ2n) is 9.46. The molecule has 162 valence electrons. The van der Waals surface area contributed by atoms with E-state index >= 15 is 0 Å². The smallest absolute Gasteiger partial charge is 0.240 e. The Bertz CT molecular complexity index is 871. The Morgan fingerprint density at radius 1 is 1.23 bits per heavy atom. The third-order valence-corrected chi connectivity index (χ3v) is 6.59. The van der Waals surface area contributed by atoms with Crippen molar-refractivity contribution in [1.82, 2.24) is 24.5 Å². The van der Waals surface area contributed by atoms with Crippen LogP contribution in [0.15, 0.2) is 36.4 Å². The average molecular weight is 410 g/mol. The molecule has 1 spiro atoms. The number of likely N-dealkylation sites (N-methyl/N-ethyl adjacent to an activating group) is 2. The van der Waals surface area contributed by atoms with Crippen LogP contribution in [-0.4, -0.2) is 70.2 Å². The van der Waals surface area contributed by atoms with Crippen LogP contribution < -0.4 is 0 Å². The van der Waals surface area contributed by atoms with E-state index in [1.165, 1.54) is 5.56 Å². The van der Waals surface area contributed by atoms with Gasteiger partial charge in [0.25, 0.3) is 0 Å². The number of carbonyl (C=O) groups excluding carboxylic acids is 1. The summed E-state index contributed by atoms with van der Waals surface area (Å²) in [5.74, 6) is 0.234. The van der Waals surface area contributed by atoms with E-state index in [1.807, 2.05) is 23.6 Å². The number of rotatable bonds is 7. The van der Waals surface area contributed by atoms with Gasteiger partial charge in [-0.2, -0.15) is 5.10 Å². The summed E-state index contributed by atoms with van der Waals surface area (Å²) in [6.45, 7) is 9.88. The predicted molar refractivity (Wildman–Crippen MR) is 119 cm³/mol. The molecule has 0 aliphatic carbocycles. The highest BCUT2D eigenvalue weighted by atomic mass is 16.2. The zero-order valence-corrected chi connectivity index (χ0v) is 18.8. The molecule has 1 unspecified atom stereocenters. The molecule has 0 bridgehead atoms. The summed E-state index contributed by atoms with van der Waals surface area (Å²) >= 11 is 0. The SMILES string of the molecule is CCCn1nc(C)cc1CN(C)C(=O)C1CC2(CN(Cc3ccccc3)C2)CN1C. The van der Waals surface area contributed by atoms with Gasteiger partial charge in [0.05, 0.1) is 24.0 Å².